The predicted octanol–water partition coefficient (Wildman–Crippen LogP) is 5.56. The van der Waals surface area contributed by atoms with E-state index in [1.54, 1.807) is 0 Å². The molecule has 0 saturated carbocycles. The second-order valence-electron chi connectivity index (χ2n) is 6.62. The smallest absolute Gasteiger partial charge is 0.119 e. The molecule has 0 heterocycles. The zero-order valence-electron chi connectivity index (χ0n) is 14.9. The van der Waals surface area contributed by atoms with Crippen molar-refractivity contribution in [1.29, 1.82) is 0 Å². The molecular formula is C20H35NO. The van der Waals surface area contributed by atoms with Crippen molar-refractivity contribution in [3.05, 3.63) is 29.8 Å². The standard InChI is InChI=1S/C20H35NO/c1-4-5-6-7-8-9-14-21-17-19-11-10-12-20(16-19)22-15-13-18(2)3/h10-12,16,18,21H,4-9,13-15,17H2,1-3H3. The van der Waals surface area contributed by atoms with Crippen LogP contribution >= 0.6 is 0 Å². The van der Waals surface area contributed by atoms with E-state index in [4.69, 9.17) is 4.74 Å². The van der Waals surface area contributed by atoms with E-state index in [1.165, 1.54) is 44.1 Å². The molecule has 1 rings (SSSR count). The zero-order chi connectivity index (χ0) is 16.0. The van der Waals surface area contributed by atoms with E-state index < -0.39 is 0 Å². The Morgan fingerprint density at radius 1 is 1.05 bits per heavy atom. The summed E-state index contributed by atoms with van der Waals surface area (Å²) < 4.78 is 5.81. The maximum Gasteiger partial charge on any atom is 0.119 e. The van der Waals surface area contributed by atoms with Crippen LogP contribution < -0.4 is 10.1 Å². The van der Waals surface area contributed by atoms with Crippen LogP contribution in [-0.2, 0) is 6.54 Å². The highest BCUT2D eigenvalue weighted by atomic mass is 16.5. The Balaban J connectivity index is 2.12. The fourth-order valence-corrected chi connectivity index (χ4v) is 2.42. The molecule has 0 aromatic heterocycles. The van der Waals surface area contributed by atoms with Crippen molar-refractivity contribution in [3.63, 3.8) is 0 Å². The lowest BCUT2D eigenvalue weighted by molar-refractivity contribution is 0.289. The minimum atomic E-state index is 0.696. The van der Waals surface area contributed by atoms with E-state index in [1.807, 2.05) is 0 Å². The average Bonchev–Trinajstić information content (AvgIpc) is 2.50. The van der Waals surface area contributed by atoms with Gasteiger partial charge in [0.15, 0.2) is 0 Å². The number of hydrogen-bond donors (Lipinski definition) is 1. The summed E-state index contributed by atoms with van der Waals surface area (Å²) in [5.41, 5.74) is 1.31. The van der Waals surface area contributed by atoms with Gasteiger partial charge in [0, 0.05) is 6.54 Å². The van der Waals surface area contributed by atoms with E-state index in [0.29, 0.717) is 5.92 Å². The Labute approximate surface area is 137 Å². The van der Waals surface area contributed by atoms with Crippen LogP contribution in [0.3, 0.4) is 0 Å². The van der Waals surface area contributed by atoms with Crippen molar-refractivity contribution in [3.8, 4) is 5.75 Å². The van der Waals surface area contributed by atoms with Gasteiger partial charge in [0.25, 0.3) is 0 Å². The van der Waals surface area contributed by atoms with Crippen molar-refractivity contribution in [2.75, 3.05) is 13.2 Å². The predicted molar refractivity (Wildman–Crippen MR) is 96.5 cm³/mol. The van der Waals surface area contributed by atoms with Crippen molar-refractivity contribution in [2.45, 2.75) is 72.3 Å². The van der Waals surface area contributed by atoms with Crippen molar-refractivity contribution >= 4 is 0 Å². The quantitative estimate of drug-likeness (QED) is 0.482. The van der Waals surface area contributed by atoms with Crippen LogP contribution in [0, 0.1) is 5.92 Å². The summed E-state index contributed by atoms with van der Waals surface area (Å²) >= 11 is 0. The molecule has 1 aromatic carbocycles. The molecule has 0 spiro atoms. The molecule has 0 atom stereocenters. The van der Waals surface area contributed by atoms with Crippen LogP contribution in [0.15, 0.2) is 24.3 Å². The third-order valence-electron chi connectivity index (χ3n) is 3.90. The fraction of sp³-hybridized carbons (Fsp3) is 0.700. The first-order chi connectivity index (χ1) is 10.7. The monoisotopic (exact) mass is 305 g/mol. The molecule has 2 heteroatoms. The van der Waals surface area contributed by atoms with Crippen molar-refractivity contribution in [1.82, 2.24) is 5.32 Å². The van der Waals surface area contributed by atoms with Gasteiger partial charge in [-0.2, -0.15) is 0 Å². The van der Waals surface area contributed by atoms with Gasteiger partial charge in [0.05, 0.1) is 6.61 Å². The summed E-state index contributed by atoms with van der Waals surface area (Å²) in [6.45, 7) is 9.59. The highest BCUT2D eigenvalue weighted by Gasteiger charge is 1.99. The van der Waals surface area contributed by atoms with Gasteiger partial charge < -0.3 is 10.1 Å². The lowest BCUT2D eigenvalue weighted by atomic mass is 10.1. The summed E-state index contributed by atoms with van der Waals surface area (Å²) in [6, 6.07) is 8.47. The third-order valence-corrected chi connectivity index (χ3v) is 3.90. The van der Waals surface area contributed by atoms with Gasteiger partial charge in [-0.1, -0.05) is 65.0 Å². The maximum absolute atomic E-state index is 5.81. The maximum atomic E-state index is 5.81. The fourth-order valence-electron chi connectivity index (χ4n) is 2.42. The molecule has 2 nitrogen and oxygen atoms in total. The minimum Gasteiger partial charge on any atom is -0.494 e. The summed E-state index contributed by atoms with van der Waals surface area (Å²) in [7, 11) is 0. The van der Waals surface area contributed by atoms with Gasteiger partial charge in [0.2, 0.25) is 0 Å². The number of rotatable bonds is 13. The molecule has 0 amide bonds. The van der Waals surface area contributed by atoms with Crippen LogP contribution in [0.4, 0.5) is 0 Å². The first-order valence-corrected chi connectivity index (χ1v) is 9.14. The largest absolute Gasteiger partial charge is 0.494 e. The van der Waals surface area contributed by atoms with Gasteiger partial charge in [-0.3, -0.25) is 0 Å². The van der Waals surface area contributed by atoms with E-state index >= 15 is 0 Å². The van der Waals surface area contributed by atoms with Crippen LogP contribution in [0.2, 0.25) is 0 Å². The van der Waals surface area contributed by atoms with Crippen LogP contribution in [0.25, 0.3) is 0 Å². The normalized spacial score (nSPS) is 11.1. The van der Waals surface area contributed by atoms with Crippen LogP contribution in [-0.4, -0.2) is 13.2 Å². The Kier molecular flexibility index (Phi) is 10.8. The molecule has 0 radical (unpaired) electrons. The Hall–Kier alpha value is -1.02. The number of ether oxygens (including phenoxy) is 1. The molecule has 1 N–H and O–H groups in total. The highest BCUT2D eigenvalue weighted by Crippen LogP contribution is 2.14. The molecule has 0 fully saturated rings. The van der Waals surface area contributed by atoms with Gasteiger partial charge in [0.1, 0.15) is 5.75 Å². The van der Waals surface area contributed by atoms with Crippen LogP contribution in [0.5, 0.6) is 5.75 Å². The summed E-state index contributed by atoms with van der Waals surface area (Å²) in [5, 5.41) is 3.54. The Morgan fingerprint density at radius 3 is 2.59 bits per heavy atom. The third kappa shape index (κ3) is 9.83. The first-order valence-electron chi connectivity index (χ1n) is 9.14. The van der Waals surface area contributed by atoms with Crippen molar-refractivity contribution < 1.29 is 4.74 Å². The molecule has 0 aliphatic heterocycles. The zero-order valence-corrected chi connectivity index (χ0v) is 14.9. The number of hydrogen-bond acceptors (Lipinski definition) is 2. The summed E-state index contributed by atoms with van der Waals surface area (Å²) in [5.74, 6) is 1.70. The Bertz CT molecular complexity index is 376. The molecule has 22 heavy (non-hydrogen) atoms. The number of unbranched alkanes of at least 4 members (excludes halogenated alkanes) is 5. The molecule has 1 aromatic rings. The van der Waals surface area contributed by atoms with Crippen LogP contribution in [0.1, 0.15) is 71.3 Å². The molecule has 126 valence electrons. The first kappa shape index (κ1) is 19.0. The second kappa shape index (κ2) is 12.5. The lowest BCUT2D eigenvalue weighted by Gasteiger charge is -2.10. The average molecular weight is 306 g/mol. The second-order valence-corrected chi connectivity index (χ2v) is 6.62. The van der Waals surface area contributed by atoms with Gasteiger partial charge in [-0.15, -0.1) is 0 Å². The highest BCUT2D eigenvalue weighted by molar-refractivity contribution is 5.28. The summed E-state index contributed by atoms with van der Waals surface area (Å²) in [4.78, 5) is 0. The molecule has 0 unspecified atom stereocenters. The Morgan fingerprint density at radius 2 is 1.82 bits per heavy atom. The van der Waals surface area contributed by atoms with Crippen molar-refractivity contribution in [2.24, 2.45) is 5.92 Å². The molecular weight excluding hydrogens is 270 g/mol. The molecule has 0 saturated heterocycles. The van der Waals surface area contributed by atoms with Gasteiger partial charge in [-0.25, -0.2) is 0 Å². The van der Waals surface area contributed by atoms with Gasteiger partial charge >= 0.3 is 0 Å². The van der Waals surface area contributed by atoms with E-state index in [2.05, 4.69) is 50.4 Å². The molecule has 0 aliphatic carbocycles. The number of nitrogens with one attached hydrogen (secondary N) is 1. The lowest BCUT2D eigenvalue weighted by Crippen LogP contribution is -2.14. The van der Waals surface area contributed by atoms with Gasteiger partial charge in [-0.05, 0) is 43.0 Å². The van der Waals surface area contributed by atoms with E-state index in [-0.39, 0.29) is 0 Å². The SMILES string of the molecule is CCCCCCCCNCc1cccc(OCCC(C)C)c1. The minimum absolute atomic E-state index is 0.696. The molecule has 0 aliphatic rings. The number of benzene rings is 1. The summed E-state index contributed by atoms with van der Waals surface area (Å²) in [6.07, 6.45) is 9.24. The van der Waals surface area contributed by atoms with E-state index in [0.717, 1.165) is 31.9 Å². The molecule has 0 bridgehead atoms. The topological polar surface area (TPSA) is 21.3 Å². The van der Waals surface area contributed by atoms with E-state index in [9.17, 15) is 0 Å².